The van der Waals surface area contributed by atoms with Crippen LogP contribution in [0.2, 0.25) is 0 Å². The Morgan fingerprint density at radius 2 is 1.80 bits per heavy atom. The first-order chi connectivity index (χ1) is 11.6. The van der Waals surface area contributed by atoms with Crippen LogP contribution in [0.4, 0.5) is 4.79 Å². The van der Waals surface area contributed by atoms with Crippen LogP contribution < -0.4 is 0 Å². The third-order valence-corrected chi connectivity index (χ3v) is 4.92. The first-order valence-corrected chi connectivity index (χ1v) is 9.06. The van der Waals surface area contributed by atoms with Gasteiger partial charge in [0.05, 0.1) is 5.92 Å². The minimum atomic E-state index is -0.818. The number of aliphatic carboxylic acids is 1. The van der Waals surface area contributed by atoms with Crippen molar-refractivity contribution < 1.29 is 24.2 Å². The van der Waals surface area contributed by atoms with Crippen LogP contribution >= 0.6 is 0 Å². The number of hydrogen-bond acceptors (Lipinski definition) is 4. The molecule has 2 fully saturated rings. The normalized spacial score (nSPS) is 23.9. The van der Waals surface area contributed by atoms with Gasteiger partial charge < -0.3 is 19.6 Å². The van der Waals surface area contributed by atoms with Gasteiger partial charge in [0, 0.05) is 32.6 Å². The van der Waals surface area contributed by atoms with Gasteiger partial charge in [-0.05, 0) is 52.4 Å². The zero-order chi connectivity index (χ0) is 18.8. The second-order valence-electron chi connectivity index (χ2n) is 8.16. The van der Waals surface area contributed by atoms with Gasteiger partial charge in [0.2, 0.25) is 5.91 Å². The van der Waals surface area contributed by atoms with E-state index >= 15 is 0 Å². The lowest BCUT2D eigenvalue weighted by molar-refractivity contribution is -0.139. The van der Waals surface area contributed by atoms with Gasteiger partial charge in [0.25, 0.3) is 0 Å². The van der Waals surface area contributed by atoms with E-state index in [1.807, 2.05) is 20.8 Å². The van der Waals surface area contributed by atoms with Crippen LogP contribution in [0.5, 0.6) is 0 Å². The molecule has 0 aromatic rings. The molecule has 1 heterocycles. The van der Waals surface area contributed by atoms with Gasteiger partial charge in [-0.15, -0.1) is 0 Å². The maximum Gasteiger partial charge on any atom is 0.410 e. The van der Waals surface area contributed by atoms with Crippen LogP contribution in [-0.4, -0.2) is 64.2 Å². The van der Waals surface area contributed by atoms with Crippen LogP contribution in [0, 0.1) is 11.8 Å². The van der Waals surface area contributed by atoms with E-state index in [0.29, 0.717) is 32.0 Å². The molecule has 1 saturated heterocycles. The molecular weight excluding hydrogens is 324 g/mol. The number of nitrogens with zero attached hydrogens (tertiary/aromatic N) is 2. The van der Waals surface area contributed by atoms with E-state index in [9.17, 15) is 14.4 Å². The van der Waals surface area contributed by atoms with Crippen molar-refractivity contribution in [3.63, 3.8) is 0 Å². The molecule has 0 aromatic heterocycles. The average molecular weight is 354 g/mol. The van der Waals surface area contributed by atoms with Gasteiger partial charge in [-0.3, -0.25) is 9.59 Å². The van der Waals surface area contributed by atoms with Crippen molar-refractivity contribution in [3.8, 4) is 0 Å². The van der Waals surface area contributed by atoms with Gasteiger partial charge in [0.1, 0.15) is 5.60 Å². The Kier molecular flexibility index (Phi) is 5.95. The van der Waals surface area contributed by atoms with Gasteiger partial charge in [-0.25, -0.2) is 4.79 Å². The Hall–Kier alpha value is -1.79. The van der Waals surface area contributed by atoms with Gasteiger partial charge in [-0.2, -0.15) is 0 Å². The molecule has 1 saturated carbocycles. The van der Waals surface area contributed by atoms with Crippen molar-refractivity contribution in [2.45, 2.75) is 65.0 Å². The average Bonchev–Trinajstić information content (AvgIpc) is 3.26. The summed E-state index contributed by atoms with van der Waals surface area (Å²) in [7, 11) is 0. The highest BCUT2D eigenvalue weighted by Crippen LogP contribution is 2.36. The number of likely N-dealkylation sites (tertiary alicyclic amines) is 1. The summed E-state index contributed by atoms with van der Waals surface area (Å²) in [4.78, 5) is 38.3. The van der Waals surface area contributed by atoms with E-state index in [0.717, 1.165) is 19.3 Å². The highest BCUT2D eigenvalue weighted by Gasteiger charge is 2.48. The number of amides is 2. The molecule has 0 unspecified atom stereocenters. The molecule has 142 valence electrons. The Balaban J connectivity index is 1.75. The van der Waals surface area contributed by atoms with E-state index in [4.69, 9.17) is 9.84 Å². The number of carboxylic acids is 1. The van der Waals surface area contributed by atoms with Gasteiger partial charge in [0.15, 0.2) is 0 Å². The first-order valence-electron chi connectivity index (χ1n) is 9.06. The van der Waals surface area contributed by atoms with Crippen LogP contribution in [0.25, 0.3) is 0 Å². The lowest BCUT2D eigenvalue weighted by Crippen LogP contribution is -2.42. The summed E-state index contributed by atoms with van der Waals surface area (Å²) in [6, 6.07) is -0.142. The van der Waals surface area contributed by atoms with E-state index in [1.165, 1.54) is 6.92 Å². The Labute approximate surface area is 149 Å². The zero-order valence-electron chi connectivity index (χ0n) is 15.7. The van der Waals surface area contributed by atoms with Crippen molar-refractivity contribution >= 4 is 18.0 Å². The highest BCUT2D eigenvalue weighted by atomic mass is 16.6. The predicted molar refractivity (Wildman–Crippen MR) is 92.1 cm³/mol. The third-order valence-electron chi connectivity index (χ3n) is 4.92. The fraction of sp³-hybridized carbons (Fsp3) is 0.833. The summed E-state index contributed by atoms with van der Waals surface area (Å²) in [6.45, 7) is 9.01. The van der Waals surface area contributed by atoms with Gasteiger partial charge >= 0.3 is 12.1 Å². The molecule has 2 atom stereocenters. The summed E-state index contributed by atoms with van der Waals surface area (Å²) < 4.78 is 5.39. The van der Waals surface area contributed by atoms with Crippen molar-refractivity contribution in [2.75, 3.05) is 19.6 Å². The summed E-state index contributed by atoms with van der Waals surface area (Å²) in [5.74, 6) is -0.831. The SMILES string of the molecule is CC(=O)N(CCC1CCN(C(=O)OC(C)(C)C)CC1)[C@H]1C[C@@H]1C(=O)O. The first kappa shape index (κ1) is 19.5. The second-order valence-corrected chi connectivity index (χ2v) is 8.16. The summed E-state index contributed by atoms with van der Waals surface area (Å²) in [6.07, 6.45) is 2.92. The Morgan fingerprint density at radius 1 is 1.20 bits per heavy atom. The fourth-order valence-corrected chi connectivity index (χ4v) is 3.40. The number of carbonyl (C=O) groups is 3. The zero-order valence-corrected chi connectivity index (χ0v) is 15.7. The van der Waals surface area contributed by atoms with Crippen LogP contribution in [0.3, 0.4) is 0 Å². The predicted octanol–water partition coefficient (Wildman–Crippen LogP) is 2.35. The molecule has 1 aliphatic carbocycles. The number of piperidine rings is 1. The highest BCUT2D eigenvalue weighted by molar-refractivity contribution is 5.79. The standard InChI is InChI=1S/C18H30N2O5/c1-12(21)20(15-11-14(15)16(22)23)10-7-13-5-8-19(9-6-13)17(24)25-18(2,3)4/h13-15H,5-11H2,1-4H3,(H,22,23)/t14-,15-/m0/s1. The lowest BCUT2D eigenvalue weighted by atomic mass is 9.93. The number of ether oxygens (including phenoxy) is 1. The molecule has 7 nitrogen and oxygen atoms in total. The van der Waals surface area contributed by atoms with Crippen molar-refractivity contribution in [1.29, 1.82) is 0 Å². The minimum absolute atomic E-state index is 0.0556. The van der Waals surface area contributed by atoms with E-state index < -0.39 is 17.5 Å². The maximum atomic E-state index is 12.1. The summed E-state index contributed by atoms with van der Waals surface area (Å²) in [5, 5.41) is 9.05. The third kappa shape index (κ3) is 5.61. The van der Waals surface area contributed by atoms with Crippen molar-refractivity contribution in [1.82, 2.24) is 9.80 Å². The molecule has 7 heteroatoms. The molecule has 2 rings (SSSR count). The van der Waals surface area contributed by atoms with Crippen molar-refractivity contribution in [2.24, 2.45) is 11.8 Å². The fourth-order valence-electron chi connectivity index (χ4n) is 3.40. The monoisotopic (exact) mass is 354 g/mol. The number of carbonyl (C=O) groups excluding carboxylic acids is 2. The number of rotatable bonds is 5. The van der Waals surface area contributed by atoms with Crippen molar-refractivity contribution in [3.05, 3.63) is 0 Å². The minimum Gasteiger partial charge on any atom is -0.481 e. The molecule has 0 spiro atoms. The molecule has 0 radical (unpaired) electrons. The summed E-state index contributed by atoms with van der Waals surface area (Å²) >= 11 is 0. The molecule has 2 aliphatic rings. The molecule has 1 aliphatic heterocycles. The Bertz CT molecular complexity index is 520. The molecule has 1 N–H and O–H groups in total. The maximum absolute atomic E-state index is 12.1. The van der Waals surface area contributed by atoms with E-state index in [1.54, 1.807) is 9.80 Å². The largest absolute Gasteiger partial charge is 0.481 e. The quantitative estimate of drug-likeness (QED) is 0.819. The van der Waals surface area contributed by atoms with Gasteiger partial charge in [-0.1, -0.05) is 0 Å². The summed E-state index contributed by atoms with van der Waals surface area (Å²) in [5.41, 5.74) is -0.485. The van der Waals surface area contributed by atoms with Crippen LogP contribution in [0.1, 0.15) is 53.4 Å². The van der Waals surface area contributed by atoms with E-state index in [-0.39, 0.29) is 18.0 Å². The second kappa shape index (κ2) is 7.62. The number of carboxylic acid groups (broad SMARTS) is 1. The molecule has 0 aromatic carbocycles. The molecular formula is C18H30N2O5. The van der Waals surface area contributed by atoms with Crippen LogP contribution in [0.15, 0.2) is 0 Å². The van der Waals surface area contributed by atoms with Crippen LogP contribution in [-0.2, 0) is 14.3 Å². The molecule has 0 bridgehead atoms. The number of hydrogen-bond donors (Lipinski definition) is 1. The van der Waals surface area contributed by atoms with E-state index in [2.05, 4.69) is 0 Å². The molecule has 2 amide bonds. The lowest BCUT2D eigenvalue weighted by Gasteiger charge is -2.34. The topological polar surface area (TPSA) is 87.2 Å². The smallest absolute Gasteiger partial charge is 0.410 e. The Morgan fingerprint density at radius 3 is 2.24 bits per heavy atom. The molecule has 25 heavy (non-hydrogen) atoms.